The van der Waals surface area contributed by atoms with Crippen molar-refractivity contribution < 1.29 is 4.79 Å². The number of hydrogen-bond acceptors (Lipinski definition) is 1. The fourth-order valence-electron chi connectivity index (χ4n) is 3.76. The monoisotopic (exact) mass is 242 g/mol. The summed E-state index contributed by atoms with van der Waals surface area (Å²) in [5.74, 6) is 1.74. The molecule has 0 aromatic rings. The van der Waals surface area contributed by atoms with Crippen LogP contribution in [0.1, 0.15) is 19.3 Å². The van der Waals surface area contributed by atoms with Gasteiger partial charge in [0, 0.05) is 5.92 Å². The van der Waals surface area contributed by atoms with Gasteiger partial charge in [-0.2, -0.15) is 0 Å². The molecule has 2 unspecified atom stereocenters. The van der Waals surface area contributed by atoms with Crippen molar-refractivity contribution in [1.82, 2.24) is 0 Å². The molecule has 80 valence electrons. The third kappa shape index (κ3) is 1.26. The van der Waals surface area contributed by atoms with E-state index < -0.39 is 0 Å². The van der Waals surface area contributed by atoms with Crippen LogP contribution in [0.4, 0.5) is 0 Å². The predicted octanol–water partition coefficient (Wildman–Crippen LogP) is 3.48. The van der Waals surface area contributed by atoms with Crippen molar-refractivity contribution in [2.24, 2.45) is 23.7 Å². The van der Waals surface area contributed by atoms with Crippen LogP contribution in [0.2, 0.25) is 0 Å². The normalized spacial score (nSPS) is 42.3. The molecule has 1 nitrogen and oxygen atoms in total. The molecular formula is C12H12Cl2O. The lowest BCUT2D eigenvalue weighted by atomic mass is 9.73. The van der Waals surface area contributed by atoms with Gasteiger partial charge < -0.3 is 0 Å². The van der Waals surface area contributed by atoms with Gasteiger partial charge in [0.05, 0.1) is 0 Å². The Labute approximate surface area is 99.1 Å². The van der Waals surface area contributed by atoms with Crippen molar-refractivity contribution in [3.63, 3.8) is 0 Å². The summed E-state index contributed by atoms with van der Waals surface area (Å²) in [6.45, 7) is 0. The molecule has 15 heavy (non-hydrogen) atoms. The Bertz CT molecular complexity index is 379. The number of halogens is 2. The molecule has 0 aromatic heterocycles. The third-order valence-corrected chi connectivity index (χ3v) is 4.67. The molecule has 2 bridgehead atoms. The van der Waals surface area contributed by atoms with E-state index in [0.29, 0.717) is 22.2 Å². The van der Waals surface area contributed by atoms with Crippen molar-refractivity contribution in [3.8, 4) is 0 Å². The van der Waals surface area contributed by atoms with Crippen LogP contribution in [0, 0.1) is 23.7 Å². The zero-order valence-electron chi connectivity index (χ0n) is 8.25. The standard InChI is InChI=1S/C12H12Cl2O/c13-12(14)11-7-4-5-8(11)10-6(7)2-1-3-9(10)15/h1,3,6-8,10H,2,4-5H2/t6?,7-,8+,10?/m0/s1. The van der Waals surface area contributed by atoms with E-state index in [0.717, 1.165) is 19.3 Å². The van der Waals surface area contributed by atoms with Gasteiger partial charge in [-0.15, -0.1) is 0 Å². The van der Waals surface area contributed by atoms with Crippen molar-refractivity contribution in [2.75, 3.05) is 0 Å². The third-order valence-electron chi connectivity index (χ3n) is 4.24. The maximum atomic E-state index is 11.8. The summed E-state index contributed by atoms with van der Waals surface area (Å²) < 4.78 is 0.421. The minimum absolute atomic E-state index is 0.177. The van der Waals surface area contributed by atoms with Gasteiger partial charge in [-0.1, -0.05) is 29.3 Å². The Morgan fingerprint density at radius 1 is 1.27 bits per heavy atom. The molecule has 3 heteroatoms. The lowest BCUT2D eigenvalue weighted by Crippen LogP contribution is -2.30. The van der Waals surface area contributed by atoms with Crippen molar-refractivity contribution in [2.45, 2.75) is 19.3 Å². The van der Waals surface area contributed by atoms with Gasteiger partial charge in [-0.05, 0) is 48.7 Å². The highest BCUT2D eigenvalue weighted by molar-refractivity contribution is 6.56. The lowest BCUT2D eigenvalue weighted by molar-refractivity contribution is -0.121. The van der Waals surface area contributed by atoms with Gasteiger partial charge >= 0.3 is 0 Å². The average Bonchev–Trinajstić information content (AvgIpc) is 2.73. The Kier molecular flexibility index (Phi) is 2.22. The van der Waals surface area contributed by atoms with E-state index in [2.05, 4.69) is 0 Å². The number of hydrogen-bond donors (Lipinski definition) is 0. The molecule has 0 spiro atoms. The first-order valence-corrected chi connectivity index (χ1v) is 6.21. The molecule has 2 fully saturated rings. The summed E-state index contributed by atoms with van der Waals surface area (Å²) in [5, 5.41) is 0. The highest BCUT2D eigenvalue weighted by Crippen LogP contribution is 2.59. The Balaban J connectivity index is 2.06. The Morgan fingerprint density at radius 3 is 2.67 bits per heavy atom. The molecule has 0 amide bonds. The van der Waals surface area contributed by atoms with Crippen LogP contribution in [-0.2, 0) is 4.79 Å². The van der Waals surface area contributed by atoms with Crippen LogP contribution < -0.4 is 0 Å². The lowest BCUT2D eigenvalue weighted by Gasteiger charge is -2.30. The minimum Gasteiger partial charge on any atom is -0.295 e. The topological polar surface area (TPSA) is 17.1 Å². The first-order chi connectivity index (χ1) is 7.20. The minimum atomic E-state index is 0.177. The van der Waals surface area contributed by atoms with Crippen LogP contribution in [-0.4, -0.2) is 5.78 Å². The second-order valence-corrected chi connectivity index (χ2v) is 5.69. The van der Waals surface area contributed by atoms with E-state index in [-0.39, 0.29) is 11.7 Å². The fourth-order valence-corrected chi connectivity index (χ4v) is 4.32. The van der Waals surface area contributed by atoms with Gasteiger partial charge in [0.15, 0.2) is 5.78 Å². The number of fused-ring (bicyclic) bond motifs is 5. The first kappa shape index (κ1) is 9.92. The molecule has 3 aliphatic carbocycles. The molecule has 0 saturated heterocycles. The second kappa shape index (κ2) is 3.36. The SMILES string of the molecule is O=C1C=CCC2C1[C@H]1CC[C@@H]2C1=C(Cl)Cl. The van der Waals surface area contributed by atoms with Gasteiger partial charge in [0.2, 0.25) is 0 Å². The van der Waals surface area contributed by atoms with Crippen molar-refractivity contribution in [3.05, 3.63) is 22.2 Å². The second-order valence-electron chi connectivity index (χ2n) is 4.74. The maximum absolute atomic E-state index is 11.8. The zero-order chi connectivity index (χ0) is 10.6. The summed E-state index contributed by atoms with van der Waals surface area (Å²) in [7, 11) is 0. The van der Waals surface area contributed by atoms with Crippen molar-refractivity contribution >= 4 is 29.0 Å². The summed E-state index contributed by atoms with van der Waals surface area (Å²) in [5.41, 5.74) is 1.17. The molecule has 3 rings (SSSR count). The molecule has 3 aliphatic rings. The molecule has 0 heterocycles. The van der Waals surface area contributed by atoms with Crippen LogP contribution >= 0.6 is 23.2 Å². The van der Waals surface area contributed by atoms with E-state index in [9.17, 15) is 4.79 Å². The quantitative estimate of drug-likeness (QED) is 0.636. The molecule has 4 atom stereocenters. The Morgan fingerprint density at radius 2 is 2.00 bits per heavy atom. The number of allylic oxidation sites excluding steroid dienone is 3. The first-order valence-electron chi connectivity index (χ1n) is 5.45. The van der Waals surface area contributed by atoms with Crippen molar-refractivity contribution in [1.29, 1.82) is 0 Å². The smallest absolute Gasteiger partial charge is 0.159 e. The van der Waals surface area contributed by atoms with Gasteiger partial charge in [0.25, 0.3) is 0 Å². The van der Waals surface area contributed by atoms with E-state index >= 15 is 0 Å². The van der Waals surface area contributed by atoms with E-state index in [1.54, 1.807) is 6.08 Å². The molecule has 0 N–H and O–H groups in total. The predicted molar refractivity (Wildman–Crippen MR) is 60.7 cm³/mol. The average molecular weight is 243 g/mol. The summed E-state index contributed by atoms with van der Waals surface area (Å²) in [4.78, 5) is 11.8. The van der Waals surface area contributed by atoms with Gasteiger partial charge in [-0.3, -0.25) is 4.79 Å². The highest BCUT2D eigenvalue weighted by atomic mass is 35.5. The Hall–Kier alpha value is -0.270. The van der Waals surface area contributed by atoms with Crippen LogP contribution in [0.5, 0.6) is 0 Å². The molecule has 2 saturated carbocycles. The van der Waals surface area contributed by atoms with Crippen LogP contribution in [0.15, 0.2) is 22.2 Å². The van der Waals surface area contributed by atoms with Gasteiger partial charge in [0.1, 0.15) is 4.49 Å². The summed E-state index contributed by atoms with van der Waals surface area (Å²) in [6, 6.07) is 0. The van der Waals surface area contributed by atoms with Gasteiger partial charge in [-0.25, -0.2) is 0 Å². The maximum Gasteiger partial charge on any atom is 0.159 e. The van der Waals surface area contributed by atoms with E-state index in [4.69, 9.17) is 23.2 Å². The summed E-state index contributed by atoms with van der Waals surface area (Å²) >= 11 is 11.9. The molecular weight excluding hydrogens is 231 g/mol. The number of carbonyl (C=O) groups excluding carboxylic acids is 1. The highest BCUT2D eigenvalue weighted by Gasteiger charge is 2.54. The molecule has 0 aliphatic heterocycles. The fraction of sp³-hybridized carbons (Fsp3) is 0.583. The number of ketones is 1. The van der Waals surface area contributed by atoms with Crippen LogP contribution in [0.25, 0.3) is 0 Å². The van der Waals surface area contributed by atoms with E-state index in [1.807, 2.05) is 6.08 Å². The number of rotatable bonds is 0. The largest absolute Gasteiger partial charge is 0.295 e. The number of carbonyl (C=O) groups is 1. The summed E-state index contributed by atoms with van der Waals surface area (Å²) in [6.07, 6.45) is 7.00. The zero-order valence-corrected chi connectivity index (χ0v) is 9.76. The van der Waals surface area contributed by atoms with Crippen LogP contribution in [0.3, 0.4) is 0 Å². The molecule has 0 radical (unpaired) electrons. The molecule has 0 aromatic carbocycles. The van der Waals surface area contributed by atoms with E-state index in [1.165, 1.54) is 5.57 Å².